The summed E-state index contributed by atoms with van der Waals surface area (Å²) in [7, 11) is -3.91. The third-order valence-corrected chi connectivity index (χ3v) is 8.02. The minimum Gasteiger partial charge on any atom is -0.462 e. The summed E-state index contributed by atoms with van der Waals surface area (Å²) in [5.74, 6) is -1.54. The van der Waals surface area contributed by atoms with E-state index in [-0.39, 0.29) is 56.2 Å². The molecule has 0 aliphatic heterocycles. The highest BCUT2D eigenvalue weighted by molar-refractivity contribution is 7.89. The molecule has 172 valence electrons. The number of carbonyl (C=O) groups is 2. The van der Waals surface area contributed by atoms with E-state index in [2.05, 4.69) is 0 Å². The fourth-order valence-corrected chi connectivity index (χ4v) is 5.73. The monoisotopic (exact) mass is 499 g/mol. The van der Waals surface area contributed by atoms with E-state index in [1.54, 1.807) is 20.8 Å². The third kappa shape index (κ3) is 5.21. The number of nitrogens with zero attached hydrogens (tertiary/aromatic N) is 2. The molecule has 0 unspecified atom stereocenters. The van der Waals surface area contributed by atoms with E-state index < -0.39 is 28.6 Å². The fourth-order valence-electron chi connectivity index (χ4n) is 2.86. The van der Waals surface area contributed by atoms with Gasteiger partial charge in [0.25, 0.3) is 0 Å². The molecular weight excluding hydrogens is 478 g/mol. The maximum atomic E-state index is 12.8. The van der Waals surface area contributed by atoms with Crippen LogP contribution in [0.15, 0.2) is 23.1 Å². The van der Waals surface area contributed by atoms with Gasteiger partial charge < -0.3 is 15.2 Å². The number of hydrogen-bond acceptors (Lipinski definition) is 9. The summed E-state index contributed by atoms with van der Waals surface area (Å²) >= 11 is 6.95. The standard InChI is InChI=1S/C20H22ClN3O6S2/c1-4-24(5-2)32(27,28)16-9-12(7-8-15(16)21)19(25)30-11-14-13(10-22)18(23)31-17(14)20(26)29-6-3/h7-9H,4-6,11,23H2,1-3H3. The highest BCUT2D eigenvalue weighted by Crippen LogP contribution is 2.32. The van der Waals surface area contributed by atoms with Crippen molar-refractivity contribution in [2.45, 2.75) is 32.3 Å². The van der Waals surface area contributed by atoms with Crippen LogP contribution in [-0.2, 0) is 26.1 Å². The highest BCUT2D eigenvalue weighted by Gasteiger charge is 2.27. The Bertz CT molecular complexity index is 1170. The second-order valence-corrected chi connectivity index (χ2v) is 9.66. The Morgan fingerprint density at radius 3 is 2.41 bits per heavy atom. The molecule has 0 amide bonds. The molecule has 1 aromatic heterocycles. The first-order valence-electron chi connectivity index (χ1n) is 9.57. The summed E-state index contributed by atoms with van der Waals surface area (Å²) in [6.45, 7) is 5.16. The molecule has 0 atom stereocenters. The second kappa shape index (κ2) is 10.8. The molecule has 32 heavy (non-hydrogen) atoms. The minimum atomic E-state index is -3.91. The molecule has 1 heterocycles. The maximum absolute atomic E-state index is 12.8. The quantitative estimate of drug-likeness (QED) is 0.517. The van der Waals surface area contributed by atoms with Crippen LogP contribution in [0, 0.1) is 11.3 Å². The summed E-state index contributed by atoms with van der Waals surface area (Å²) < 4.78 is 37.1. The molecule has 1 aromatic carbocycles. The zero-order chi connectivity index (χ0) is 24.1. The molecule has 0 aliphatic rings. The Hall–Kier alpha value is -2.65. The number of anilines is 1. The van der Waals surface area contributed by atoms with Gasteiger partial charge >= 0.3 is 11.9 Å². The van der Waals surface area contributed by atoms with Crippen molar-refractivity contribution in [3.05, 3.63) is 44.8 Å². The van der Waals surface area contributed by atoms with Crippen molar-refractivity contribution < 1.29 is 27.5 Å². The molecule has 2 rings (SSSR count). The number of carbonyl (C=O) groups excluding carboxylic acids is 2. The Balaban J connectivity index is 2.35. The molecule has 12 heteroatoms. The smallest absolute Gasteiger partial charge is 0.348 e. The van der Waals surface area contributed by atoms with E-state index in [4.69, 9.17) is 26.8 Å². The summed E-state index contributed by atoms with van der Waals surface area (Å²) in [6, 6.07) is 5.65. The predicted molar refractivity (Wildman–Crippen MR) is 120 cm³/mol. The SMILES string of the molecule is CCOC(=O)c1sc(N)c(C#N)c1COC(=O)c1ccc(Cl)c(S(=O)(=O)N(CC)CC)c1. The third-order valence-electron chi connectivity index (χ3n) is 4.44. The first kappa shape index (κ1) is 25.6. The highest BCUT2D eigenvalue weighted by atomic mass is 35.5. The van der Waals surface area contributed by atoms with E-state index >= 15 is 0 Å². The van der Waals surface area contributed by atoms with Gasteiger partial charge in [-0.3, -0.25) is 0 Å². The minimum absolute atomic E-state index is 0.0201. The Labute approximate surface area is 195 Å². The van der Waals surface area contributed by atoms with Gasteiger partial charge in [0.15, 0.2) is 0 Å². The van der Waals surface area contributed by atoms with Gasteiger partial charge in [0.1, 0.15) is 27.4 Å². The molecule has 0 spiro atoms. The van der Waals surface area contributed by atoms with Crippen LogP contribution in [0.1, 0.15) is 51.9 Å². The largest absolute Gasteiger partial charge is 0.462 e. The van der Waals surface area contributed by atoms with Crippen LogP contribution in [0.4, 0.5) is 5.00 Å². The predicted octanol–water partition coefficient (Wildman–Crippen LogP) is 3.42. The molecule has 2 N–H and O–H groups in total. The van der Waals surface area contributed by atoms with Crippen LogP contribution >= 0.6 is 22.9 Å². The second-order valence-electron chi connectivity index (χ2n) is 6.29. The number of hydrogen-bond donors (Lipinski definition) is 1. The topological polar surface area (TPSA) is 140 Å². The van der Waals surface area contributed by atoms with E-state index in [0.29, 0.717) is 0 Å². The number of nitrogen functional groups attached to an aromatic ring is 1. The number of esters is 2. The van der Waals surface area contributed by atoms with Crippen LogP contribution in [0.5, 0.6) is 0 Å². The first-order valence-corrected chi connectivity index (χ1v) is 12.2. The molecule has 0 bridgehead atoms. The lowest BCUT2D eigenvalue weighted by atomic mass is 10.1. The van der Waals surface area contributed by atoms with Crippen molar-refractivity contribution in [2.24, 2.45) is 0 Å². The van der Waals surface area contributed by atoms with Crippen LogP contribution in [-0.4, -0.2) is 44.4 Å². The lowest BCUT2D eigenvalue weighted by Gasteiger charge is -2.19. The fraction of sp³-hybridized carbons (Fsp3) is 0.350. The number of halogens is 1. The molecule has 0 saturated heterocycles. The van der Waals surface area contributed by atoms with Gasteiger partial charge in [-0.1, -0.05) is 25.4 Å². The Morgan fingerprint density at radius 2 is 1.84 bits per heavy atom. The normalized spacial score (nSPS) is 11.2. The average molecular weight is 500 g/mol. The molecule has 0 saturated carbocycles. The van der Waals surface area contributed by atoms with Crippen molar-refractivity contribution in [3.8, 4) is 6.07 Å². The van der Waals surface area contributed by atoms with Gasteiger partial charge in [0, 0.05) is 18.7 Å². The number of benzene rings is 1. The summed E-state index contributed by atoms with van der Waals surface area (Å²) in [5.41, 5.74) is 5.90. The van der Waals surface area contributed by atoms with Gasteiger partial charge in [-0.05, 0) is 25.1 Å². The van der Waals surface area contributed by atoms with Gasteiger partial charge in [0.2, 0.25) is 10.0 Å². The zero-order valence-corrected chi connectivity index (χ0v) is 20.1. The lowest BCUT2D eigenvalue weighted by molar-refractivity contribution is 0.0452. The summed E-state index contributed by atoms with van der Waals surface area (Å²) in [5, 5.41) is 9.43. The van der Waals surface area contributed by atoms with Gasteiger partial charge in [0.05, 0.1) is 22.8 Å². The Kier molecular flexibility index (Phi) is 8.63. The van der Waals surface area contributed by atoms with E-state index in [9.17, 15) is 23.3 Å². The van der Waals surface area contributed by atoms with Crippen molar-refractivity contribution >= 4 is 49.9 Å². The molecular formula is C20H22ClN3O6S2. The molecule has 2 aromatic rings. The van der Waals surface area contributed by atoms with Gasteiger partial charge in [-0.2, -0.15) is 9.57 Å². The van der Waals surface area contributed by atoms with E-state index in [1.807, 2.05) is 6.07 Å². The first-order chi connectivity index (χ1) is 15.1. The summed E-state index contributed by atoms with van der Waals surface area (Å²) in [6.07, 6.45) is 0. The van der Waals surface area contributed by atoms with Crippen molar-refractivity contribution in [3.63, 3.8) is 0 Å². The van der Waals surface area contributed by atoms with E-state index in [0.717, 1.165) is 17.4 Å². The van der Waals surface area contributed by atoms with Crippen molar-refractivity contribution in [1.82, 2.24) is 4.31 Å². The van der Waals surface area contributed by atoms with Crippen LogP contribution in [0.2, 0.25) is 5.02 Å². The van der Waals surface area contributed by atoms with Crippen LogP contribution in [0.25, 0.3) is 0 Å². The number of sulfonamides is 1. The Morgan fingerprint density at radius 1 is 1.19 bits per heavy atom. The van der Waals surface area contributed by atoms with Crippen LogP contribution in [0.3, 0.4) is 0 Å². The van der Waals surface area contributed by atoms with Gasteiger partial charge in [-0.25, -0.2) is 18.0 Å². The van der Waals surface area contributed by atoms with Crippen molar-refractivity contribution in [2.75, 3.05) is 25.4 Å². The average Bonchev–Trinajstić information content (AvgIpc) is 3.08. The molecule has 0 aliphatic carbocycles. The molecule has 9 nitrogen and oxygen atoms in total. The number of thiophene rings is 1. The number of ether oxygens (including phenoxy) is 2. The zero-order valence-electron chi connectivity index (χ0n) is 17.7. The number of rotatable bonds is 9. The lowest BCUT2D eigenvalue weighted by Crippen LogP contribution is -2.31. The number of nitriles is 1. The number of nitrogens with two attached hydrogens (primary N) is 1. The van der Waals surface area contributed by atoms with Crippen molar-refractivity contribution in [1.29, 1.82) is 5.26 Å². The van der Waals surface area contributed by atoms with Gasteiger partial charge in [-0.15, -0.1) is 11.3 Å². The summed E-state index contributed by atoms with van der Waals surface area (Å²) in [4.78, 5) is 24.6. The van der Waals surface area contributed by atoms with E-state index in [1.165, 1.54) is 16.4 Å². The maximum Gasteiger partial charge on any atom is 0.348 e. The van der Waals surface area contributed by atoms with Crippen LogP contribution < -0.4 is 5.73 Å². The molecule has 0 fully saturated rings. The molecule has 0 radical (unpaired) electrons.